The molecule has 42 heavy (non-hydrogen) atoms. The number of sulfonamides is 1. The third kappa shape index (κ3) is 7.67. The van der Waals surface area contributed by atoms with Crippen molar-refractivity contribution in [2.45, 2.75) is 44.2 Å². The van der Waals surface area contributed by atoms with E-state index >= 15 is 0 Å². The quantitative estimate of drug-likeness (QED) is 0.249. The van der Waals surface area contributed by atoms with Gasteiger partial charge in [0.15, 0.2) is 0 Å². The topological polar surface area (TPSA) is 105 Å². The Labute approximate surface area is 257 Å². The van der Waals surface area contributed by atoms with Gasteiger partial charge in [0.1, 0.15) is 24.1 Å². The van der Waals surface area contributed by atoms with E-state index in [1.807, 2.05) is 6.92 Å². The van der Waals surface area contributed by atoms with Crippen LogP contribution in [0.2, 0.25) is 10.0 Å². The average Bonchev–Trinajstić information content (AvgIpc) is 2.99. The molecule has 0 bridgehead atoms. The van der Waals surface area contributed by atoms with E-state index < -0.39 is 28.5 Å². The second-order valence-corrected chi connectivity index (χ2v) is 12.0. The predicted molar refractivity (Wildman–Crippen MR) is 165 cm³/mol. The molecule has 3 aromatic carbocycles. The molecule has 1 N–H and O–H groups in total. The molecule has 3 aromatic rings. The molecule has 0 aromatic heterocycles. The number of methoxy groups -OCH3 is 2. The molecule has 0 unspecified atom stereocenters. The molecule has 0 aliphatic rings. The Bertz CT molecular complexity index is 1470. The Morgan fingerprint density at radius 3 is 2.17 bits per heavy atom. The minimum absolute atomic E-state index is 0.0314. The molecule has 0 aliphatic carbocycles. The molecule has 3 rings (SSSR count). The van der Waals surface area contributed by atoms with Crippen LogP contribution in [0.1, 0.15) is 32.3 Å². The van der Waals surface area contributed by atoms with Crippen LogP contribution in [0.15, 0.2) is 71.6 Å². The van der Waals surface area contributed by atoms with Crippen molar-refractivity contribution in [3.63, 3.8) is 0 Å². The zero-order valence-corrected chi connectivity index (χ0v) is 26.3. The van der Waals surface area contributed by atoms with Gasteiger partial charge in [-0.3, -0.25) is 13.9 Å². The number of amides is 2. The van der Waals surface area contributed by atoms with Gasteiger partial charge in [-0.15, -0.1) is 0 Å². The van der Waals surface area contributed by atoms with Crippen LogP contribution in [0.5, 0.6) is 11.5 Å². The number of carbonyl (C=O) groups excluding carboxylic acids is 2. The number of hydrogen-bond donors (Lipinski definition) is 1. The maximum atomic E-state index is 14.2. The number of nitrogens with zero attached hydrogens (tertiary/aromatic N) is 2. The SMILES string of the molecule is CCCNC(=O)[C@@H](CC)N(Cc1c(Cl)cccc1Cl)C(=O)CN(c1cc(OC)ccc1OC)S(=O)(=O)c1ccccc1. The average molecular weight is 637 g/mol. The Morgan fingerprint density at radius 2 is 1.60 bits per heavy atom. The van der Waals surface area contributed by atoms with Crippen LogP contribution in [-0.2, 0) is 26.2 Å². The van der Waals surface area contributed by atoms with Gasteiger partial charge in [-0.2, -0.15) is 0 Å². The molecular weight excluding hydrogens is 601 g/mol. The molecule has 2 amide bonds. The Balaban J connectivity index is 2.17. The summed E-state index contributed by atoms with van der Waals surface area (Å²) in [5.41, 5.74) is 0.528. The number of halogens is 2. The van der Waals surface area contributed by atoms with Crippen LogP contribution in [0.3, 0.4) is 0 Å². The molecule has 0 heterocycles. The van der Waals surface area contributed by atoms with Crippen molar-refractivity contribution in [3.05, 3.63) is 82.3 Å². The van der Waals surface area contributed by atoms with Gasteiger partial charge in [0.05, 0.1) is 24.8 Å². The maximum absolute atomic E-state index is 14.2. The van der Waals surface area contributed by atoms with Gasteiger partial charge in [0.25, 0.3) is 10.0 Å². The summed E-state index contributed by atoms with van der Waals surface area (Å²) < 4.78 is 40.0. The molecular formula is C30H35Cl2N3O6S. The van der Waals surface area contributed by atoms with E-state index in [4.69, 9.17) is 32.7 Å². The lowest BCUT2D eigenvalue weighted by atomic mass is 10.1. The van der Waals surface area contributed by atoms with Crippen LogP contribution in [0.4, 0.5) is 5.69 Å². The lowest BCUT2D eigenvalue weighted by molar-refractivity contribution is -0.140. The Kier molecular flexibility index (Phi) is 11.9. The minimum Gasteiger partial charge on any atom is -0.497 e. The van der Waals surface area contributed by atoms with Crippen molar-refractivity contribution in [3.8, 4) is 11.5 Å². The number of ether oxygens (including phenoxy) is 2. The number of rotatable bonds is 14. The van der Waals surface area contributed by atoms with E-state index in [0.717, 1.165) is 4.31 Å². The van der Waals surface area contributed by atoms with E-state index in [0.29, 0.717) is 34.3 Å². The van der Waals surface area contributed by atoms with E-state index in [1.165, 1.54) is 37.3 Å². The van der Waals surface area contributed by atoms with Gasteiger partial charge in [-0.05, 0) is 49.2 Å². The van der Waals surface area contributed by atoms with Crippen molar-refractivity contribution in [2.24, 2.45) is 0 Å². The highest BCUT2D eigenvalue weighted by Crippen LogP contribution is 2.36. The van der Waals surface area contributed by atoms with Crippen LogP contribution in [-0.4, -0.2) is 58.5 Å². The Morgan fingerprint density at radius 1 is 0.929 bits per heavy atom. The second-order valence-electron chi connectivity index (χ2n) is 9.30. The summed E-state index contributed by atoms with van der Waals surface area (Å²) in [6.07, 6.45) is 0.961. The second kappa shape index (κ2) is 15.1. The molecule has 0 spiro atoms. The first-order valence-corrected chi connectivity index (χ1v) is 15.6. The van der Waals surface area contributed by atoms with Gasteiger partial charge in [0, 0.05) is 34.8 Å². The molecule has 0 saturated carbocycles. The van der Waals surface area contributed by atoms with Crippen molar-refractivity contribution >= 4 is 50.7 Å². The summed E-state index contributed by atoms with van der Waals surface area (Å²) in [6, 6.07) is 16.4. The van der Waals surface area contributed by atoms with Gasteiger partial charge < -0.3 is 19.7 Å². The molecule has 0 fully saturated rings. The summed E-state index contributed by atoms with van der Waals surface area (Å²) in [5.74, 6) is -0.450. The van der Waals surface area contributed by atoms with Crippen molar-refractivity contribution in [1.29, 1.82) is 0 Å². The number of hydrogen-bond acceptors (Lipinski definition) is 6. The molecule has 0 radical (unpaired) electrons. The van der Waals surface area contributed by atoms with Crippen LogP contribution < -0.4 is 19.1 Å². The summed E-state index contributed by atoms with van der Waals surface area (Å²) in [5, 5.41) is 3.47. The smallest absolute Gasteiger partial charge is 0.264 e. The third-order valence-corrected chi connectivity index (χ3v) is 9.07. The summed E-state index contributed by atoms with van der Waals surface area (Å²) in [7, 11) is -1.45. The van der Waals surface area contributed by atoms with Crippen molar-refractivity contribution in [1.82, 2.24) is 10.2 Å². The molecule has 0 aliphatic heterocycles. The van der Waals surface area contributed by atoms with Gasteiger partial charge in [-0.25, -0.2) is 8.42 Å². The van der Waals surface area contributed by atoms with Gasteiger partial charge in [-0.1, -0.05) is 61.3 Å². The standard InChI is InChI=1S/C30H35Cl2N3O6S/c1-5-17-33-30(37)26(6-2)34(19-23-24(31)13-10-14-25(23)32)29(36)20-35(42(38,39)22-11-8-7-9-12-22)27-18-21(40-3)15-16-28(27)41-4/h7-16,18,26H,5-6,17,19-20H2,1-4H3,(H,33,37)/t26-/m1/s1. The first-order valence-electron chi connectivity index (χ1n) is 13.4. The van der Waals surface area contributed by atoms with Crippen LogP contribution >= 0.6 is 23.2 Å². The zero-order valence-electron chi connectivity index (χ0n) is 24.0. The fourth-order valence-corrected chi connectivity index (χ4v) is 6.32. The number of carbonyl (C=O) groups is 2. The highest BCUT2D eigenvalue weighted by molar-refractivity contribution is 7.92. The Hall–Kier alpha value is -3.47. The summed E-state index contributed by atoms with van der Waals surface area (Å²) in [6.45, 7) is 3.33. The van der Waals surface area contributed by atoms with Crippen molar-refractivity contribution < 1.29 is 27.5 Å². The van der Waals surface area contributed by atoms with E-state index in [2.05, 4.69) is 5.32 Å². The minimum atomic E-state index is -4.30. The molecule has 1 atom stereocenters. The maximum Gasteiger partial charge on any atom is 0.264 e. The van der Waals surface area contributed by atoms with E-state index in [-0.39, 0.29) is 35.2 Å². The van der Waals surface area contributed by atoms with Gasteiger partial charge in [0.2, 0.25) is 11.8 Å². The number of anilines is 1. The van der Waals surface area contributed by atoms with E-state index in [9.17, 15) is 18.0 Å². The lowest BCUT2D eigenvalue weighted by Crippen LogP contribution is -2.52. The molecule has 9 nitrogen and oxygen atoms in total. The first-order chi connectivity index (χ1) is 20.1. The molecule has 0 saturated heterocycles. The zero-order chi connectivity index (χ0) is 30.9. The predicted octanol–water partition coefficient (Wildman–Crippen LogP) is 5.54. The number of benzene rings is 3. The van der Waals surface area contributed by atoms with Crippen LogP contribution in [0, 0.1) is 0 Å². The van der Waals surface area contributed by atoms with Crippen LogP contribution in [0.25, 0.3) is 0 Å². The highest BCUT2D eigenvalue weighted by Gasteiger charge is 2.35. The monoisotopic (exact) mass is 635 g/mol. The first kappa shape index (κ1) is 33.0. The van der Waals surface area contributed by atoms with Gasteiger partial charge >= 0.3 is 0 Å². The molecule has 226 valence electrons. The fourth-order valence-electron chi connectivity index (χ4n) is 4.36. The number of nitrogens with one attached hydrogen (secondary N) is 1. The summed E-state index contributed by atoms with van der Waals surface area (Å²) >= 11 is 12.9. The third-order valence-electron chi connectivity index (χ3n) is 6.59. The summed E-state index contributed by atoms with van der Waals surface area (Å²) in [4.78, 5) is 28.8. The lowest BCUT2D eigenvalue weighted by Gasteiger charge is -2.34. The van der Waals surface area contributed by atoms with E-state index in [1.54, 1.807) is 55.5 Å². The molecule has 12 heteroatoms. The van der Waals surface area contributed by atoms with Crippen molar-refractivity contribution in [2.75, 3.05) is 31.6 Å². The highest BCUT2D eigenvalue weighted by atomic mass is 35.5. The normalized spacial score (nSPS) is 11.9. The fraction of sp³-hybridized carbons (Fsp3) is 0.333. The largest absolute Gasteiger partial charge is 0.497 e.